The number of nitrogens with zero attached hydrogens (tertiary/aromatic N) is 2. The highest BCUT2D eigenvalue weighted by Gasteiger charge is 2.34. The summed E-state index contributed by atoms with van der Waals surface area (Å²) in [4.78, 5) is 31.3. The molecule has 1 saturated heterocycles. The number of pyridine rings is 1. The van der Waals surface area contributed by atoms with E-state index in [4.69, 9.17) is 0 Å². The lowest BCUT2D eigenvalue weighted by atomic mass is 9.82. The summed E-state index contributed by atoms with van der Waals surface area (Å²) in [7, 11) is 0. The number of carbonyl (C=O) groups excluding carboxylic acids is 2. The van der Waals surface area contributed by atoms with Gasteiger partial charge in [-0.1, -0.05) is 19.3 Å². The first kappa shape index (κ1) is 20.3. The van der Waals surface area contributed by atoms with Crippen molar-refractivity contribution < 1.29 is 14.7 Å². The summed E-state index contributed by atoms with van der Waals surface area (Å²) in [5, 5.41) is 13.6. The van der Waals surface area contributed by atoms with Crippen LogP contribution >= 0.6 is 0 Å². The third-order valence-corrected chi connectivity index (χ3v) is 6.83. The molecular weight excluding hydrogens is 366 g/mol. The highest BCUT2D eigenvalue weighted by Crippen LogP contribution is 2.33. The highest BCUT2D eigenvalue weighted by molar-refractivity contribution is 5.93. The fourth-order valence-corrected chi connectivity index (χ4v) is 4.65. The van der Waals surface area contributed by atoms with Crippen molar-refractivity contribution in [1.82, 2.24) is 15.2 Å². The first-order valence-electron chi connectivity index (χ1n) is 11.3. The van der Waals surface area contributed by atoms with Gasteiger partial charge in [-0.2, -0.15) is 0 Å². The summed E-state index contributed by atoms with van der Waals surface area (Å²) in [6.07, 6.45) is 10.8. The van der Waals surface area contributed by atoms with Crippen LogP contribution in [0.25, 0.3) is 0 Å². The van der Waals surface area contributed by atoms with Gasteiger partial charge in [0.25, 0.3) is 5.91 Å². The van der Waals surface area contributed by atoms with Gasteiger partial charge >= 0.3 is 0 Å². The van der Waals surface area contributed by atoms with E-state index in [1.807, 2.05) is 17.0 Å². The van der Waals surface area contributed by atoms with Gasteiger partial charge in [0.05, 0.1) is 17.6 Å². The third kappa shape index (κ3) is 5.35. The molecule has 0 atom stereocenters. The predicted octanol–water partition coefficient (Wildman–Crippen LogP) is 3.01. The molecule has 2 N–H and O–H groups in total. The molecule has 1 aromatic heterocycles. The Balaban J connectivity index is 1.25. The van der Waals surface area contributed by atoms with Gasteiger partial charge in [-0.15, -0.1) is 0 Å². The van der Waals surface area contributed by atoms with E-state index in [1.54, 1.807) is 6.20 Å². The van der Waals surface area contributed by atoms with Crippen LogP contribution in [0.4, 0.5) is 0 Å². The van der Waals surface area contributed by atoms with Gasteiger partial charge in [-0.25, -0.2) is 0 Å². The Kier molecular flexibility index (Phi) is 6.18. The second kappa shape index (κ2) is 8.82. The number of likely N-dealkylation sites (tertiary alicyclic amines) is 1. The van der Waals surface area contributed by atoms with Crippen LogP contribution in [0, 0.1) is 5.92 Å². The molecule has 3 aliphatic rings. The normalized spacial score (nSPS) is 22.3. The monoisotopic (exact) mass is 399 g/mol. The van der Waals surface area contributed by atoms with Gasteiger partial charge in [0, 0.05) is 37.4 Å². The number of aliphatic hydroxyl groups is 1. The smallest absolute Gasteiger partial charge is 0.252 e. The molecule has 0 radical (unpaired) electrons. The van der Waals surface area contributed by atoms with E-state index >= 15 is 0 Å². The Labute approximate surface area is 173 Å². The lowest BCUT2D eigenvalue weighted by Crippen LogP contribution is -2.43. The molecule has 0 bridgehead atoms. The summed E-state index contributed by atoms with van der Waals surface area (Å²) < 4.78 is 0. The summed E-state index contributed by atoms with van der Waals surface area (Å²) in [6.45, 7) is 2.19. The fraction of sp³-hybridized carbons (Fsp3) is 0.696. The SMILES string of the molecule is O=C(NCC1CC1)c1ccc(C2CCN(C(=O)CC3(O)CCCCC3)CC2)nc1. The molecule has 0 spiro atoms. The maximum atomic E-state index is 12.7. The van der Waals surface area contributed by atoms with E-state index in [2.05, 4.69) is 10.3 Å². The van der Waals surface area contributed by atoms with Crippen LogP contribution in [-0.4, -0.2) is 52.0 Å². The number of hydrogen-bond acceptors (Lipinski definition) is 4. The lowest BCUT2D eigenvalue weighted by molar-refractivity contribution is -0.138. The number of hydrogen-bond donors (Lipinski definition) is 2. The summed E-state index contributed by atoms with van der Waals surface area (Å²) in [6, 6.07) is 3.82. The van der Waals surface area contributed by atoms with Gasteiger partial charge < -0.3 is 15.3 Å². The largest absolute Gasteiger partial charge is 0.389 e. The van der Waals surface area contributed by atoms with E-state index in [0.717, 1.165) is 57.2 Å². The highest BCUT2D eigenvalue weighted by atomic mass is 16.3. The Bertz CT molecular complexity index is 715. The topological polar surface area (TPSA) is 82.5 Å². The average Bonchev–Trinajstić information content (AvgIpc) is 3.57. The number of rotatable bonds is 6. The molecule has 158 valence electrons. The Morgan fingerprint density at radius 2 is 1.83 bits per heavy atom. The first-order valence-corrected chi connectivity index (χ1v) is 11.3. The third-order valence-electron chi connectivity index (χ3n) is 6.83. The van der Waals surface area contributed by atoms with Crippen molar-refractivity contribution in [3.63, 3.8) is 0 Å². The van der Waals surface area contributed by atoms with Crippen molar-refractivity contribution in [3.8, 4) is 0 Å². The minimum absolute atomic E-state index is 0.0444. The number of piperidine rings is 1. The molecule has 3 fully saturated rings. The molecule has 2 heterocycles. The number of aromatic nitrogens is 1. The molecule has 6 nitrogen and oxygen atoms in total. The zero-order valence-corrected chi connectivity index (χ0v) is 17.2. The summed E-state index contributed by atoms with van der Waals surface area (Å²) in [5.74, 6) is 1.03. The van der Waals surface area contributed by atoms with Gasteiger partial charge in [0.15, 0.2) is 0 Å². The molecule has 1 aliphatic heterocycles. The maximum Gasteiger partial charge on any atom is 0.252 e. The van der Waals surface area contributed by atoms with Gasteiger partial charge in [0.1, 0.15) is 0 Å². The van der Waals surface area contributed by atoms with E-state index in [-0.39, 0.29) is 18.2 Å². The van der Waals surface area contributed by atoms with Gasteiger partial charge in [-0.05, 0) is 56.6 Å². The fourth-order valence-electron chi connectivity index (χ4n) is 4.65. The molecule has 4 rings (SSSR count). The summed E-state index contributed by atoms with van der Waals surface area (Å²) in [5.41, 5.74) is 0.827. The number of nitrogens with one attached hydrogen (secondary N) is 1. The van der Waals surface area contributed by atoms with E-state index < -0.39 is 5.60 Å². The van der Waals surface area contributed by atoms with Crippen molar-refractivity contribution in [2.24, 2.45) is 5.92 Å². The quantitative estimate of drug-likeness (QED) is 0.770. The van der Waals surface area contributed by atoms with Crippen LogP contribution < -0.4 is 5.32 Å². The van der Waals surface area contributed by atoms with Gasteiger partial charge in [-0.3, -0.25) is 14.6 Å². The standard InChI is InChI=1S/C23H33N3O3/c27-21(14-23(29)10-2-1-3-11-23)26-12-8-18(9-13-26)20-7-6-19(16-24-20)22(28)25-15-17-4-5-17/h6-7,16-18,29H,1-5,8-15H2,(H,25,28). The second-order valence-corrected chi connectivity index (χ2v) is 9.24. The molecule has 2 saturated carbocycles. The van der Waals surface area contributed by atoms with Crippen LogP contribution in [0.1, 0.15) is 86.2 Å². The molecule has 0 unspecified atom stereocenters. The maximum absolute atomic E-state index is 12.7. The van der Waals surface area contributed by atoms with Gasteiger partial charge in [0.2, 0.25) is 5.91 Å². The number of amides is 2. The van der Waals surface area contributed by atoms with Crippen molar-refractivity contribution in [2.75, 3.05) is 19.6 Å². The predicted molar refractivity (Wildman–Crippen MR) is 111 cm³/mol. The minimum atomic E-state index is -0.788. The molecule has 29 heavy (non-hydrogen) atoms. The average molecular weight is 400 g/mol. The zero-order chi connectivity index (χ0) is 20.3. The molecule has 0 aromatic carbocycles. The van der Waals surface area contributed by atoms with Crippen molar-refractivity contribution in [3.05, 3.63) is 29.6 Å². The Hall–Kier alpha value is -1.95. The van der Waals surface area contributed by atoms with Crippen LogP contribution in [0.5, 0.6) is 0 Å². The van der Waals surface area contributed by atoms with E-state index in [0.29, 0.717) is 30.5 Å². The van der Waals surface area contributed by atoms with Crippen LogP contribution in [0.3, 0.4) is 0 Å². The second-order valence-electron chi connectivity index (χ2n) is 9.24. The van der Waals surface area contributed by atoms with Crippen molar-refractivity contribution in [1.29, 1.82) is 0 Å². The van der Waals surface area contributed by atoms with E-state index in [1.165, 1.54) is 12.8 Å². The molecule has 1 aromatic rings. The van der Waals surface area contributed by atoms with Crippen LogP contribution in [-0.2, 0) is 4.79 Å². The molecular formula is C23H33N3O3. The Morgan fingerprint density at radius 3 is 2.45 bits per heavy atom. The molecule has 2 amide bonds. The molecule has 2 aliphatic carbocycles. The van der Waals surface area contributed by atoms with Crippen LogP contribution in [0.15, 0.2) is 18.3 Å². The van der Waals surface area contributed by atoms with Crippen molar-refractivity contribution >= 4 is 11.8 Å². The van der Waals surface area contributed by atoms with E-state index in [9.17, 15) is 14.7 Å². The van der Waals surface area contributed by atoms with Crippen molar-refractivity contribution in [2.45, 2.75) is 75.7 Å². The Morgan fingerprint density at radius 1 is 1.10 bits per heavy atom. The lowest BCUT2D eigenvalue weighted by Gasteiger charge is -2.36. The first-order chi connectivity index (χ1) is 14.0. The molecule has 6 heteroatoms. The van der Waals surface area contributed by atoms with Crippen LogP contribution in [0.2, 0.25) is 0 Å². The number of carbonyl (C=O) groups is 2. The summed E-state index contributed by atoms with van der Waals surface area (Å²) >= 11 is 0. The zero-order valence-electron chi connectivity index (χ0n) is 17.2. The minimum Gasteiger partial charge on any atom is -0.389 e.